The van der Waals surface area contributed by atoms with Crippen molar-refractivity contribution in [3.05, 3.63) is 0 Å². The van der Waals surface area contributed by atoms with Gasteiger partial charge in [-0.2, -0.15) is 0 Å². The van der Waals surface area contributed by atoms with E-state index in [0.29, 0.717) is 6.10 Å². The molecule has 2 heterocycles. The summed E-state index contributed by atoms with van der Waals surface area (Å²) >= 11 is 0. The lowest BCUT2D eigenvalue weighted by atomic mass is 10.0. The minimum absolute atomic E-state index is 0. The smallest absolute Gasteiger partial charge is 0.111 e. The molecule has 0 amide bonds. The molecule has 0 radical (unpaired) electrons. The monoisotopic (exact) mass is 301 g/mol. The molecule has 124 valence electrons. The van der Waals surface area contributed by atoms with Crippen LogP contribution in [0.1, 0.15) is 6.92 Å². The summed E-state index contributed by atoms with van der Waals surface area (Å²) in [5.41, 5.74) is 0. The zero-order valence-corrected chi connectivity index (χ0v) is 11.6. The van der Waals surface area contributed by atoms with Gasteiger partial charge in [-0.1, -0.05) is 0 Å². The molecule has 2 fully saturated rings. The molecular formula is C11H27NO8. The highest BCUT2D eigenvalue weighted by Crippen LogP contribution is 2.04. The molecule has 2 rings (SSSR count). The van der Waals surface area contributed by atoms with Crippen LogP contribution in [0.4, 0.5) is 0 Å². The van der Waals surface area contributed by atoms with Gasteiger partial charge in [-0.05, 0) is 6.92 Å². The third-order valence-corrected chi connectivity index (χ3v) is 2.22. The fourth-order valence-corrected chi connectivity index (χ4v) is 0.767. The van der Waals surface area contributed by atoms with Crippen molar-refractivity contribution in [1.29, 1.82) is 0 Å². The highest BCUT2D eigenvalue weighted by Gasteiger charge is 2.29. The normalized spacial score (nSPS) is 24.4. The fourth-order valence-electron chi connectivity index (χ4n) is 0.767. The van der Waals surface area contributed by atoms with Crippen LogP contribution in [0.25, 0.3) is 0 Å². The van der Waals surface area contributed by atoms with Crippen LogP contribution in [0.3, 0.4) is 0 Å². The van der Waals surface area contributed by atoms with Crippen LogP contribution < -0.4 is 6.15 Å². The first-order chi connectivity index (χ1) is 8.93. The number of hydrogen-bond acceptors (Lipinski definition) is 9. The SMILES string of the molecule is C1CO1.CC1CO1.N.OC[C@@H](O)[C@@H](O)[C@H](O)[C@@H](O)CO. The van der Waals surface area contributed by atoms with Crippen LogP contribution in [-0.2, 0) is 9.47 Å². The number of aliphatic hydroxyl groups is 6. The van der Waals surface area contributed by atoms with E-state index in [9.17, 15) is 0 Å². The molecule has 0 aromatic carbocycles. The fraction of sp³-hybridized carbons (Fsp3) is 1.00. The Morgan fingerprint density at radius 3 is 1.30 bits per heavy atom. The van der Waals surface area contributed by atoms with E-state index in [2.05, 4.69) is 11.7 Å². The molecule has 9 heteroatoms. The molecule has 2 aliphatic heterocycles. The standard InChI is InChI=1S/C6H14O6.C3H6O.C2H4O.H3N/c7-1-3(9)5(11)6(12)4(10)2-8;1-3-2-4-3;1-2-3-1;/h3-12H,1-2H2;3H,2H2,1H3;1-2H2;1H3/t3-,4+,5-,6-;;;/m1.../s1. The molecular weight excluding hydrogens is 274 g/mol. The van der Waals surface area contributed by atoms with E-state index in [1.807, 2.05) is 0 Å². The Morgan fingerprint density at radius 2 is 1.20 bits per heavy atom. The number of aliphatic hydroxyl groups excluding tert-OH is 6. The molecule has 2 saturated heterocycles. The second-order valence-corrected chi connectivity index (χ2v) is 4.24. The van der Waals surface area contributed by atoms with Gasteiger partial charge >= 0.3 is 0 Å². The Kier molecular flexibility index (Phi) is 13.6. The number of ether oxygens (including phenoxy) is 2. The Labute approximate surface area is 118 Å². The minimum atomic E-state index is -1.67. The Bertz CT molecular complexity index is 198. The van der Waals surface area contributed by atoms with Crippen molar-refractivity contribution in [3.8, 4) is 0 Å². The van der Waals surface area contributed by atoms with Crippen LogP contribution in [0.5, 0.6) is 0 Å². The zero-order chi connectivity index (χ0) is 14.8. The van der Waals surface area contributed by atoms with Gasteiger partial charge in [0.15, 0.2) is 0 Å². The van der Waals surface area contributed by atoms with E-state index in [4.69, 9.17) is 35.4 Å². The number of hydrogen-bond donors (Lipinski definition) is 7. The Balaban J connectivity index is 0. The summed E-state index contributed by atoms with van der Waals surface area (Å²) in [7, 11) is 0. The first-order valence-corrected chi connectivity index (χ1v) is 6.07. The largest absolute Gasteiger partial charge is 0.394 e. The Morgan fingerprint density at radius 1 is 0.950 bits per heavy atom. The van der Waals surface area contributed by atoms with E-state index < -0.39 is 37.6 Å². The summed E-state index contributed by atoms with van der Waals surface area (Å²) in [5.74, 6) is 0. The third-order valence-electron chi connectivity index (χ3n) is 2.22. The molecule has 0 aromatic heterocycles. The van der Waals surface area contributed by atoms with Gasteiger partial charge < -0.3 is 46.3 Å². The maximum Gasteiger partial charge on any atom is 0.111 e. The molecule has 0 aliphatic carbocycles. The quantitative estimate of drug-likeness (QED) is 0.260. The molecule has 0 bridgehead atoms. The van der Waals surface area contributed by atoms with Crippen LogP contribution in [-0.4, -0.2) is 94.2 Å². The molecule has 1 unspecified atom stereocenters. The van der Waals surface area contributed by atoms with Crippen molar-refractivity contribution in [2.24, 2.45) is 0 Å². The molecule has 9 nitrogen and oxygen atoms in total. The van der Waals surface area contributed by atoms with Gasteiger partial charge in [0.2, 0.25) is 0 Å². The van der Waals surface area contributed by atoms with Gasteiger partial charge in [-0.3, -0.25) is 0 Å². The summed E-state index contributed by atoms with van der Waals surface area (Å²) in [6, 6.07) is 0. The highest BCUT2D eigenvalue weighted by atomic mass is 16.6. The summed E-state index contributed by atoms with van der Waals surface area (Å²) in [6.07, 6.45) is -5.81. The average molecular weight is 301 g/mol. The highest BCUT2D eigenvalue weighted by molar-refractivity contribution is 4.79. The molecule has 9 N–H and O–H groups in total. The maximum atomic E-state index is 8.96. The van der Waals surface area contributed by atoms with E-state index in [1.54, 1.807) is 0 Å². The van der Waals surface area contributed by atoms with E-state index in [1.165, 1.54) is 0 Å². The van der Waals surface area contributed by atoms with E-state index in [-0.39, 0.29) is 6.15 Å². The first-order valence-electron chi connectivity index (χ1n) is 6.07. The topological polar surface area (TPSA) is 181 Å². The van der Waals surface area contributed by atoms with Crippen molar-refractivity contribution >= 4 is 0 Å². The summed E-state index contributed by atoms with van der Waals surface area (Å²) < 4.78 is 9.21. The molecule has 5 atom stereocenters. The van der Waals surface area contributed by atoms with Crippen LogP contribution in [0, 0.1) is 0 Å². The number of rotatable bonds is 5. The second-order valence-electron chi connectivity index (χ2n) is 4.24. The van der Waals surface area contributed by atoms with Gasteiger partial charge in [0.1, 0.15) is 24.4 Å². The molecule has 0 saturated carbocycles. The zero-order valence-electron chi connectivity index (χ0n) is 11.6. The Hall–Kier alpha value is -0.360. The number of epoxide rings is 2. The molecule has 0 spiro atoms. The lowest BCUT2D eigenvalue weighted by molar-refractivity contribution is -0.123. The molecule has 20 heavy (non-hydrogen) atoms. The summed E-state index contributed by atoms with van der Waals surface area (Å²) in [4.78, 5) is 0. The summed E-state index contributed by atoms with van der Waals surface area (Å²) in [6.45, 7) is 3.59. The van der Waals surface area contributed by atoms with Crippen molar-refractivity contribution < 1.29 is 40.1 Å². The second kappa shape index (κ2) is 12.4. The average Bonchev–Trinajstić information content (AvgIpc) is 3.28. The van der Waals surface area contributed by atoms with Crippen molar-refractivity contribution in [2.75, 3.05) is 33.0 Å². The van der Waals surface area contributed by atoms with Crippen LogP contribution >= 0.6 is 0 Å². The van der Waals surface area contributed by atoms with Crippen LogP contribution in [0.15, 0.2) is 0 Å². The van der Waals surface area contributed by atoms with Gasteiger partial charge in [0, 0.05) is 0 Å². The predicted molar refractivity (Wildman–Crippen MR) is 69.5 cm³/mol. The minimum Gasteiger partial charge on any atom is -0.394 e. The maximum absolute atomic E-state index is 8.96. The lowest BCUT2D eigenvalue weighted by Gasteiger charge is -2.24. The van der Waals surface area contributed by atoms with Crippen molar-refractivity contribution in [2.45, 2.75) is 37.4 Å². The molecule has 2 aliphatic rings. The predicted octanol–water partition coefficient (Wildman–Crippen LogP) is -3.00. The van der Waals surface area contributed by atoms with Crippen molar-refractivity contribution in [3.63, 3.8) is 0 Å². The third kappa shape index (κ3) is 12.7. The van der Waals surface area contributed by atoms with Crippen LogP contribution in [0.2, 0.25) is 0 Å². The van der Waals surface area contributed by atoms with Crippen molar-refractivity contribution in [1.82, 2.24) is 6.15 Å². The summed E-state index contributed by atoms with van der Waals surface area (Å²) in [5, 5.41) is 52.2. The first kappa shape index (κ1) is 21.9. The van der Waals surface area contributed by atoms with Gasteiger partial charge in [-0.25, -0.2) is 0 Å². The van der Waals surface area contributed by atoms with Gasteiger partial charge in [0.25, 0.3) is 0 Å². The van der Waals surface area contributed by atoms with Gasteiger partial charge in [0.05, 0.1) is 39.1 Å². The van der Waals surface area contributed by atoms with E-state index in [0.717, 1.165) is 19.8 Å². The lowest BCUT2D eigenvalue weighted by Crippen LogP contribution is -2.46. The van der Waals surface area contributed by atoms with Gasteiger partial charge in [-0.15, -0.1) is 0 Å². The van der Waals surface area contributed by atoms with E-state index >= 15 is 0 Å². The molecule has 0 aromatic rings.